The average molecular weight is 204 g/mol. The van der Waals surface area contributed by atoms with Crippen LogP contribution in [-0.2, 0) is 5.54 Å². The van der Waals surface area contributed by atoms with Gasteiger partial charge < -0.3 is 10.2 Å². The number of amides is 2. The third-order valence-corrected chi connectivity index (χ3v) is 2.83. The number of urea groups is 1. The summed E-state index contributed by atoms with van der Waals surface area (Å²) in [5, 5.41) is 3.07. The van der Waals surface area contributed by atoms with Crippen molar-refractivity contribution < 1.29 is 4.79 Å². The van der Waals surface area contributed by atoms with Gasteiger partial charge in [0.05, 0.1) is 5.54 Å². The van der Waals surface area contributed by atoms with Gasteiger partial charge >= 0.3 is 6.03 Å². The van der Waals surface area contributed by atoms with Crippen LogP contribution in [0.3, 0.4) is 0 Å². The SMILES string of the molecule is CN(C)C(=O)NC1(c2ccccc2)CC1. The molecule has 2 amide bonds. The molecule has 0 heterocycles. The first-order chi connectivity index (χ1) is 7.14. The Morgan fingerprint density at radius 1 is 1.27 bits per heavy atom. The summed E-state index contributed by atoms with van der Waals surface area (Å²) in [5.41, 5.74) is 1.11. The van der Waals surface area contributed by atoms with Crippen molar-refractivity contribution in [2.75, 3.05) is 14.1 Å². The Hall–Kier alpha value is -1.51. The van der Waals surface area contributed by atoms with E-state index in [0.29, 0.717) is 0 Å². The van der Waals surface area contributed by atoms with Crippen LogP contribution in [0.4, 0.5) is 4.79 Å². The van der Waals surface area contributed by atoms with Crippen LogP contribution in [0.1, 0.15) is 18.4 Å². The van der Waals surface area contributed by atoms with Gasteiger partial charge in [0.25, 0.3) is 0 Å². The molecule has 1 saturated carbocycles. The number of carbonyl (C=O) groups is 1. The van der Waals surface area contributed by atoms with Gasteiger partial charge in [-0.05, 0) is 18.4 Å². The van der Waals surface area contributed by atoms with Crippen LogP contribution in [0.2, 0.25) is 0 Å². The molecule has 3 nitrogen and oxygen atoms in total. The fourth-order valence-corrected chi connectivity index (χ4v) is 1.68. The highest BCUT2D eigenvalue weighted by atomic mass is 16.2. The van der Waals surface area contributed by atoms with Crippen LogP contribution in [0.25, 0.3) is 0 Å². The Bertz CT molecular complexity index is 355. The van der Waals surface area contributed by atoms with Crippen LogP contribution in [0.15, 0.2) is 30.3 Å². The van der Waals surface area contributed by atoms with E-state index >= 15 is 0 Å². The summed E-state index contributed by atoms with van der Waals surface area (Å²) < 4.78 is 0. The molecule has 1 aliphatic carbocycles. The largest absolute Gasteiger partial charge is 0.331 e. The number of benzene rings is 1. The van der Waals surface area contributed by atoms with E-state index in [1.807, 2.05) is 18.2 Å². The zero-order chi connectivity index (χ0) is 10.9. The third kappa shape index (κ3) is 1.96. The highest BCUT2D eigenvalue weighted by molar-refractivity contribution is 5.75. The van der Waals surface area contributed by atoms with Crippen LogP contribution in [0, 0.1) is 0 Å². The molecule has 0 bridgehead atoms. The van der Waals surface area contributed by atoms with Crippen molar-refractivity contribution in [3.05, 3.63) is 35.9 Å². The fourth-order valence-electron chi connectivity index (χ4n) is 1.68. The van der Waals surface area contributed by atoms with E-state index in [9.17, 15) is 4.79 Å². The van der Waals surface area contributed by atoms with Crippen molar-refractivity contribution in [2.45, 2.75) is 18.4 Å². The van der Waals surface area contributed by atoms with Gasteiger partial charge in [-0.25, -0.2) is 4.79 Å². The van der Waals surface area contributed by atoms with Crippen molar-refractivity contribution in [3.63, 3.8) is 0 Å². The lowest BCUT2D eigenvalue weighted by Crippen LogP contribution is -2.41. The molecule has 15 heavy (non-hydrogen) atoms. The summed E-state index contributed by atoms with van der Waals surface area (Å²) in [7, 11) is 3.52. The van der Waals surface area contributed by atoms with Crippen molar-refractivity contribution in [3.8, 4) is 0 Å². The van der Waals surface area contributed by atoms with E-state index in [-0.39, 0.29) is 11.6 Å². The van der Waals surface area contributed by atoms with Gasteiger partial charge in [0, 0.05) is 14.1 Å². The van der Waals surface area contributed by atoms with E-state index in [1.54, 1.807) is 19.0 Å². The fraction of sp³-hybridized carbons (Fsp3) is 0.417. The van der Waals surface area contributed by atoms with E-state index in [0.717, 1.165) is 12.8 Å². The smallest absolute Gasteiger partial charge is 0.317 e. The molecule has 1 aromatic carbocycles. The number of hydrogen-bond donors (Lipinski definition) is 1. The maximum Gasteiger partial charge on any atom is 0.317 e. The maximum absolute atomic E-state index is 11.6. The lowest BCUT2D eigenvalue weighted by atomic mass is 10.1. The van der Waals surface area contributed by atoms with Crippen LogP contribution in [-0.4, -0.2) is 25.0 Å². The lowest BCUT2D eigenvalue weighted by Gasteiger charge is -2.20. The molecule has 80 valence electrons. The zero-order valence-corrected chi connectivity index (χ0v) is 9.16. The molecule has 3 heteroatoms. The monoisotopic (exact) mass is 204 g/mol. The molecular formula is C12H16N2O. The molecule has 0 atom stereocenters. The minimum absolute atomic E-state index is 0.0173. The van der Waals surface area contributed by atoms with Gasteiger partial charge in [0.1, 0.15) is 0 Å². The second-order valence-electron chi connectivity index (χ2n) is 4.27. The minimum atomic E-state index is -0.0946. The molecule has 2 rings (SSSR count). The molecule has 1 fully saturated rings. The first-order valence-electron chi connectivity index (χ1n) is 5.19. The van der Waals surface area contributed by atoms with Crippen molar-refractivity contribution >= 4 is 6.03 Å². The standard InChI is InChI=1S/C12H16N2O/c1-14(2)11(15)13-12(8-9-12)10-6-4-3-5-7-10/h3-7H,8-9H2,1-2H3,(H,13,15). The molecule has 0 aromatic heterocycles. The number of nitrogens with one attached hydrogen (secondary N) is 1. The van der Waals surface area contributed by atoms with E-state index in [4.69, 9.17) is 0 Å². The first-order valence-corrected chi connectivity index (χ1v) is 5.19. The van der Waals surface area contributed by atoms with Gasteiger partial charge in [0.2, 0.25) is 0 Å². The van der Waals surface area contributed by atoms with Gasteiger partial charge in [-0.2, -0.15) is 0 Å². The molecule has 1 N–H and O–H groups in total. The van der Waals surface area contributed by atoms with E-state index < -0.39 is 0 Å². The first kappa shape index (κ1) is 10.0. The number of nitrogens with zero attached hydrogens (tertiary/aromatic N) is 1. The minimum Gasteiger partial charge on any atom is -0.331 e. The number of hydrogen-bond acceptors (Lipinski definition) is 1. The second kappa shape index (κ2) is 3.57. The Morgan fingerprint density at radius 2 is 1.87 bits per heavy atom. The Morgan fingerprint density at radius 3 is 2.33 bits per heavy atom. The number of carbonyl (C=O) groups excluding carboxylic acids is 1. The maximum atomic E-state index is 11.6. The highest BCUT2D eigenvalue weighted by Crippen LogP contribution is 2.45. The molecule has 1 aliphatic rings. The summed E-state index contributed by atoms with van der Waals surface area (Å²) in [6.07, 6.45) is 2.08. The molecule has 1 aromatic rings. The molecule has 0 saturated heterocycles. The zero-order valence-electron chi connectivity index (χ0n) is 9.16. The quantitative estimate of drug-likeness (QED) is 0.784. The van der Waals surface area contributed by atoms with Gasteiger partial charge in [-0.3, -0.25) is 0 Å². The Kier molecular flexibility index (Phi) is 2.39. The Balaban J connectivity index is 2.12. The second-order valence-corrected chi connectivity index (χ2v) is 4.27. The van der Waals surface area contributed by atoms with Crippen LogP contribution < -0.4 is 5.32 Å². The molecule has 0 spiro atoms. The predicted molar refractivity (Wildman–Crippen MR) is 59.6 cm³/mol. The summed E-state index contributed by atoms with van der Waals surface area (Å²) >= 11 is 0. The topological polar surface area (TPSA) is 32.3 Å². The van der Waals surface area contributed by atoms with E-state index in [2.05, 4.69) is 17.4 Å². The molecular weight excluding hydrogens is 188 g/mol. The van der Waals surface area contributed by atoms with Crippen molar-refractivity contribution in [2.24, 2.45) is 0 Å². The molecule has 0 aliphatic heterocycles. The van der Waals surface area contributed by atoms with Crippen LogP contribution >= 0.6 is 0 Å². The van der Waals surface area contributed by atoms with Gasteiger partial charge in [-0.15, -0.1) is 0 Å². The van der Waals surface area contributed by atoms with E-state index in [1.165, 1.54) is 5.56 Å². The summed E-state index contributed by atoms with van der Waals surface area (Å²) in [6.45, 7) is 0. The normalized spacial score (nSPS) is 16.9. The Labute approximate surface area is 90.1 Å². The highest BCUT2D eigenvalue weighted by Gasteiger charge is 2.45. The predicted octanol–water partition coefficient (Wildman–Crippen LogP) is 1.95. The summed E-state index contributed by atoms with van der Waals surface area (Å²) in [4.78, 5) is 13.2. The van der Waals surface area contributed by atoms with Gasteiger partial charge in [0.15, 0.2) is 0 Å². The summed E-state index contributed by atoms with van der Waals surface area (Å²) in [5.74, 6) is 0. The molecule has 0 unspecified atom stereocenters. The summed E-state index contributed by atoms with van der Waals surface area (Å²) in [6, 6.07) is 10.1. The molecule has 0 radical (unpaired) electrons. The lowest BCUT2D eigenvalue weighted by molar-refractivity contribution is 0.211. The van der Waals surface area contributed by atoms with Gasteiger partial charge in [-0.1, -0.05) is 30.3 Å². The van der Waals surface area contributed by atoms with Crippen molar-refractivity contribution in [1.29, 1.82) is 0 Å². The number of rotatable bonds is 2. The third-order valence-electron chi connectivity index (χ3n) is 2.83. The average Bonchev–Trinajstić information content (AvgIpc) is 3.00. The van der Waals surface area contributed by atoms with Crippen molar-refractivity contribution in [1.82, 2.24) is 10.2 Å². The van der Waals surface area contributed by atoms with Crippen LogP contribution in [0.5, 0.6) is 0 Å².